The molecule has 0 aromatic carbocycles. The first kappa shape index (κ1) is 12.2. The minimum Gasteiger partial charge on any atom is -0.490 e. The van der Waals surface area contributed by atoms with E-state index in [1.165, 1.54) is 0 Å². The molecule has 3 unspecified atom stereocenters. The number of allylic oxidation sites excluding steroid dienone is 1. The molecule has 0 amide bonds. The normalized spacial score (nSPS) is 36.4. The van der Waals surface area contributed by atoms with Crippen molar-refractivity contribution in [2.75, 3.05) is 0 Å². The van der Waals surface area contributed by atoms with Crippen LogP contribution in [0.25, 0.3) is 0 Å². The van der Waals surface area contributed by atoms with Crippen LogP contribution in [0.5, 0.6) is 0 Å². The molecule has 2 rings (SSSR count). The van der Waals surface area contributed by atoms with E-state index in [0.29, 0.717) is 6.42 Å². The molecule has 0 saturated heterocycles. The predicted molar refractivity (Wildman–Crippen MR) is 62.3 cm³/mol. The highest BCUT2D eigenvalue weighted by atomic mass is 16.5. The molecule has 1 aliphatic carbocycles. The van der Waals surface area contributed by atoms with Gasteiger partial charge in [0, 0.05) is 12.3 Å². The Morgan fingerprint density at radius 2 is 2.29 bits per heavy atom. The maximum atomic E-state index is 10.7. The molecule has 4 nitrogen and oxygen atoms in total. The second-order valence-corrected chi connectivity index (χ2v) is 5.13. The summed E-state index contributed by atoms with van der Waals surface area (Å²) >= 11 is 0. The standard InChI is InChI=1S/C13H18O4/c1-7-4-11-10(8(2)13(7,3)16)5-9(17-11)6-12(14)15/h4,8-9,16H,5-6H2,1-3H3,(H,14,15). The number of carbonyl (C=O) groups is 1. The Bertz CT molecular complexity index is 417. The molecule has 94 valence electrons. The minimum absolute atomic E-state index is 0.00868. The van der Waals surface area contributed by atoms with Crippen molar-refractivity contribution in [3.05, 3.63) is 23.0 Å². The van der Waals surface area contributed by atoms with Gasteiger partial charge in [-0.1, -0.05) is 6.92 Å². The van der Waals surface area contributed by atoms with Crippen molar-refractivity contribution in [2.24, 2.45) is 5.92 Å². The fraction of sp³-hybridized carbons (Fsp3) is 0.615. The van der Waals surface area contributed by atoms with Gasteiger partial charge in [-0.05, 0) is 31.1 Å². The lowest BCUT2D eigenvalue weighted by Gasteiger charge is -2.35. The predicted octanol–water partition coefficient (Wildman–Crippen LogP) is 1.85. The van der Waals surface area contributed by atoms with E-state index < -0.39 is 11.6 Å². The SMILES string of the molecule is CC1=CC2=C(CC(CC(=O)O)O2)C(C)C1(C)O. The zero-order valence-electron chi connectivity index (χ0n) is 10.4. The summed E-state index contributed by atoms with van der Waals surface area (Å²) < 4.78 is 5.62. The van der Waals surface area contributed by atoms with Gasteiger partial charge >= 0.3 is 5.97 Å². The summed E-state index contributed by atoms with van der Waals surface area (Å²) in [6.45, 7) is 5.62. The van der Waals surface area contributed by atoms with Gasteiger partial charge in [0.05, 0.1) is 12.0 Å². The molecular weight excluding hydrogens is 220 g/mol. The van der Waals surface area contributed by atoms with Gasteiger partial charge in [-0.15, -0.1) is 0 Å². The smallest absolute Gasteiger partial charge is 0.307 e. The summed E-state index contributed by atoms with van der Waals surface area (Å²) in [5.74, 6) is -0.121. The molecule has 17 heavy (non-hydrogen) atoms. The third-order valence-electron chi connectivity index (χ3n) is 3.97. The van der Waals surface area contributed by atoms with Crippen molar-refractivity contribution in [1.29, 1.82) is 0 Å². The van der Waals surface area contributed by atoms with Gasteiger partial charge in [0.15, 0.2) is 0 Å². The number of hydrogen-bond donors (Lipinski definition) is 2. The van der Waals surface area contributed by atoms with Crippen LogP contribution >= 0.6 is 0 Å². The molecule has 2 N–H and O–H groups in total. The van der Waals surface area contributed by atoms with Crippen molar-refractivity contribution in [3.8, 4) is 0 Å². The summed E-state index contributed by atoms with van der Waals surface area (Å²) in [7, 11) is 0. The van der Waals surface area contributed by atoms with Gasteiger partial charge in [-0.3, -0.25) is 4.79 Å². The molecule has 0 fully saturated rings. The number of carboxylic acid groups (broad SMARTS) is 1. The lowest BCUT2D eigenvalue weighted by molar-refractivity contribution is -0.139. The lowest BCUT2D eigenvalue weighted by Crippen LogP contribution is -2.37. The van der Waals surface area contributed by atoms with Crippen LogP contribution in [0, 0.1) is 5.92 Å². The van der Waals surface area contributed by atoms with E-state index in [2.05, 4.69) is 0 Å². The molecule has 0 aromatic heterocycles. The molecule has 0 aromatic rings. The van der Waals surface area contributed by atoms with Crippen LogP contribution in [-0.2, 0) is 9.53 Å². The van der Waals surface area contributed by atoms with Crippen LogP contribution in [0.15, 0.2) is 23.0 Å². The van der Waals surface area contributed by atoms with Gasteiger partial charge in [0.1, 0.15) is 11.9 Å². The highest BCUT2D eigenvalue weighted by Gasteiger charge is 2.41. The lowest BCUT2D eigenvalue weighted by atomic mass is 9.75. The van der Waals surface area contributed by atoms with Crippen LogP contribution in [0.1, 0.15) is 33.6 Å². The zero-order valence-corrected chi connectivity index (χ0v) is 10.4. The average molecular weight is 238 g/mol. The maximum Gasteiger partial charge on any atom is 0.307 e. The monoisotopic (exact) mass is 238 g/mol. The minimum atomic E-state index is -0.861. The number of aliphatic hydroxyl groups is 1. The number of hydrogen-bond acceptors (Lipinski definition) is 3. The van der Waals surface area contributed by atoms with E-state index in [4.69, 9.17) is 9.84 Å². The van der Waals surface area contributed by atoms with Crippen molar-refractivity contribution in [2.45, 2.75) is 45.3 Å². The topological polar surface area (TPSA) is 66.8 Å². The van der Waals surface area contributed by atoms with Crippen LogP contribution < -0.4 is 0 Å². The Morgan fingerprint density at radius 3 is 2.88 bits per heavy atom. The Kier molecular flexibility index (Phi) is 2.78. The molecule has 0 bridgehead atoms. The average Bonchev–Trinajstić information content (AvgIpc) is 2.57. The van der Waals surface area contributed by atoms with Crippen LogP contribution in [0.2, 0.25) is 0 Å². The van der Waals surface area contributed by atoms with Gasteiger partial charge in [-0.2, -0.15) is 0 Å². The highest BCUT2D eigenvalue weighted by molar-refractivity contribution is 5.67. The van der Waals surface area contributed by atoms with E-state index in [0.717, 1.165) is 16.9 Å². The van der Waals surface area contributed by atoms with Gasteiger partial charge < -0.3 is 14.9 Å². The Balaban J connectivity index is 2.21. The Hall–Kier alpha value is -1.29. The van der Waals surface area contributed by atoms with Crippen molar-refractivity contribution < 1.29 is 19.7 Å². The second-order valence-electron chi connectivity index (χ2n) is 5.13. The van der Waals surface area contributed by atoms with Gasteiger partial charge in [-0.25, -0.2) is 0 Å². The van der Waals surface area contributed by atoms with E-state index in [1.54, 1.807) is 6.92 Å². The first-order valence-corrected chi connectivity index (χ1v) is 5.85. The Labute approximate surface area is 101 Å². The molecule has 0 spiro atoms. The number of aliphatic carboxylic acids is 1. The van der Waals surface area contributed by atoms with E-state index in [9.17, 15) is 9.90 Å². The van der Waals surface area contributed by atoms with Gasteiger partial charge in [0.2, 0.25) is 0 Å². The van der Waals surface area contributed by atoms with Crippen molar-refractivity contribution in [1.82, 2.24) is 0 Å². The summed E-state index contributed by atoms with van der Waals surface area (Å²) in [6, 6.07) is 0. The molecule has 4 heteroatoms. The third-order valence-corrected chi connectivity index (χ3v) is 3.97. The van der Waals surface area contributed by atoms with E-state index in [1.807, 2.05) is 19.9 Å². The highest BCUT2D eigenvalue weighted by Crippen LogP contribution is 2.44. The molecular formula is C13H18O4. The molecule has 3 atom stereocenters. The fourth-order valence-corrected chi connectivity index (χ4v) is 2.49. The molecule has 1 heterocycles. The maximum absolute atomic E-state index is 10.7. The summed E-state index contributed by atoms with van der Waals surface area (Å²) in [5, 5.41) is 19.1. The fourth-order valence-electron chi connectivity index (χ4n) is 2.49. The molecule has 0 radical (unpaired) electrons. The van der Waals surface area contributed by atoms with Crippen molar-refractivity contribution in [3.63, 3.8) is 0 Å². The number of rotatable bonds is 2. The second kappa shape index (κ2) is 3.88. The summed E-state index contributed by atoms with van der Waals surface area (Å²) in [4.78, 5) is 10.7. The van der Waals surface area contributed by atoms with E-state index in [-0.39, 0.29) is 18.4 Å². The first-order valence-electron chi connectivity index (χ1n) is 5.85. The Morgan fingerprint density at radius 1 is 1.65 bits per heavy atom. The quantitative estimate of drug-likeness (QED) is 0.770. The summed E-state index contributed by atoms with van der Waals surface area (Å²) in [6.07, 6.45) is 2.15. The third kappa shape index (κ3) is 1.97. The first-order chi connectivity index (χ1) is 7.82. The van der Waals surface area contributed by atoms with E-state index >= 15 is 0 Å². The largest absolute Gasteiger partial charge is 0.490 e. The van der Waals surface area contributed by atoms with Crippen LogP contribution in [0.3, 0.4) is 0 Å². The zero-order chi connectivity index (χ0) is 12.8. The molecule has 2 aliphatic rings. The van der Waals surface area contributed by atoms with Gasteiger partial charge in [0.25, 0.3) is 0 Å². The summed E-state index contributed by atoms with van der Waals surface area (Å²) in [5.41, 5.74) is 1.03. The van der Waals surface area contributed by atoms with Crippen LogP contribution in [-0.4, -0.2) is 27.9 Å². The molecule has 1 aliphatic heterocycles. The number of ether oxygens (including phenoxy) is 1. The molecule has 0 saturated carbocycles. The van der Waals surface area contributed by atoms with Crippen molar-refractivity contribution >= 4 is 5.97 Å². The van der Waals surface area contributed by atoms with Crippen LogP contribution in [0.4, 0.5) is 0 Å². The number of carboxylic acids is 1.